The molecule has 2 nitrogen and oxygen atoms in total. The molecule has 0 spiro atoms. The van der Waals surface area contributed by atoms with Crippen molar-refractivity contribution < 1.29 is 9.84 Å². The van der Waals surface area contributed by atoms with Gasteiger partial charge in [0.2, 0.25) is 0 Å². The average Bonchev–Trinajstić information content (AvgIpc) is 3.05. The third kappa shape index (κ3) is 3.39. The number of fused-ring (bicyclic) bond motifs is 5. The van der Waals surface area contributed by atoms with Gasteiger partial charge in [0, 0.05) is 7.11 Å². The number of hydrogen-bond acceptors (Lipinski definition) is 2. The lowest BCUT2D eigenvalue weighted by Crippen LogP contribution is -2.55. The monoisotopic (exact) mass is 390 g/mol. The Labute approximate surface area is 174 Å². The number of methoxy groups -OCH3 is 1. The molecule has 4 fully saturated rings. The van der Waals surface area contributed by atoms with Gasteiger partial charge in [-0.15, -0.1) is 0 Å². The number of hydrogen-bond donors (Lipinski definition) is 1. The second-order valence-electron chi connectivity index (χ2n) is 11.6. The largest absolute Gasteiger partial charge is 0.393 e. The van der Waals surface area contributed by atoms with Gasteiger partial charge < -0.3 is 9.84 Å². The summed E-state index contributed by atoms with van der Waals surface area (Å²) in [5.74, 6) is 4.33. The van der Waals surface area contributed by atoms with E-state index in [-0.39, 0.29) is 6.10 Å². The van der Waals surface area contributed by atoms with Gasteiger partial charge in [-0.05, 0) is 105 Å². The molecule has 0 amide bonds. The maximum atomic E-state index is 10.3. The number of unbranched alkanes of at least 4 members (excludes halogenated alkanes) is 1. The highest BCUT2D eigenvalue weighted by molar-refractivity contribution is 5.11. The molecule has 1 unspecified atom stereocenters. The van der Waals surface area contributed by atoms with Crippen LogP contribution in [0.5, 0.6) is 0 Å². The van der Waals surface area contributed by atoms with Crippen molar-refractivity contribution in [1.82, 2.24) is 0 Å². The zero-order chi connectivity index (χ0) is 19.9. The molecule has 4 aliphatic carbocycles. The minimum Gasteiger partial charge on any atom is -0.393 e. The van der Waals surface area contributed by atoms with Crippen LogP contribution < -0.4 is 0 Å². The SMILES string of the molecule is CCCCC(C)C[C@]12CC[C@H]3[C@@H](CC[C@@H]4C[C@H](O)CC[C@@]43C)[C@@H]1CC[C@@H]2OC. The summed E-state index contributed by atoms with van der Waals surface area (Å²) < 4.78 is 6.18. The predicted molar refractivity (Wildman–Crippen MR) is 116 cm³/mol. The Morgan fingerprint density at radius 2 is 1.86 bits per heavy atom. The van der Waals surface area contributed by atoms with Crippen LogP contribution in [0.15, 0.2) is 0 Å². The second kappa shape index (κ2) is 8.22. The van der Waals surface area contributed by atoms with Crippen LogP contribution in [0.25, 0.3) is 0 Å². The molecule has 0 radical (unpaired) electrons. The highest BCUT2D eigenvalue weighted by Crippen LogP contribution is 2.68. The van der Waals surface area contributed by atoms with Gasteiger partial charge in [-0.3, -0.25) is 0 Å². The first kappa shape index (κ1) is 21.2. The number of aliphatic hydroxyl groups excluding tert-OH is 1. The van der Waals surface area contributed by atoms with Gasteiger partial charge in [0.25, 0.3) is 0 Å². The Hall–Kier alpha value is -0.0800. The maximum Gasteiger partial charge on any atom is 0.0630 e. The van der Waals surface area contributed by atoms with Crippen molar-refractivity contribution in [2.45, 2.75) is 116 Å². The standard InChI is InChI=1S/C26H46O2/c1-5-6-7-18(2)17-26-15-13-22-21(23(26)10-11-24(26)28-4)9-8-19-16-20(27)12-14-25(19,22)3/h18-24,27H,5-17H2,1-4H3/t18?,19-,20-,21-,22+,23+,24+,25+,26-/m1/s1. The molecule has 0 saturated heterocycles. The highest BCUT2D eigenvalue weighted by Gasteiger charge is 2.61. The molecule has 2 heteroatoms. The summed E-state index contributed by atoms with van der Waals surface area (Å²) in [4.78, 5) is 0. The van der Waals surface area contributed by atoms with E-state index >= 15 is 0 Å². The van der Waals surface area contributed by atoms with E-state index < -0.39 is 0 Å². The summed E-state index contributed by atoms with van der Waals surface area (Å²) in [5.41, 5.74) is 0.952. The van der Waals surface area contributed by atoms with Gasteiger partial charge >= 0.3 is 0 Å². The van der Waals surface area contributed by atoms with Gasteiger partial charge in [0.15, 0.2) is 0 Å². The number of rotatable bonds is 6. The van der Waals surface area contributed by atoms with Crippen LogP contribution in [0, 0.1) is 40.4 Å². The van der Waals surface area contributed by atoms with Crippen LogP contribution in [0.2, 0.25) is 0 Å². The topological polar surface area (TPSA) is 29.5 Å². The summed E-state index contributed by atoms with van der Waals surface area (Å²) in [6.07, 6.45) is 17.7. The number of ether oxygens (including phenoxy) is 1. The summed E-state index contributed by atoms with van der Waals surface area (Å²) in [7, 11) is 1.98. The molecule has 0 bridgehead atoms. The first-order chi connectivity index (χ1) is 13.4. The van der Waals surface area contributed by atoms with E-state index in [1.165, 1.54) is 70.6 Å². The summed E-state index contributed by atoms with van der Waals surface area (Å²) in [6.45, 7) is 7.45. The predicted octanol–water partition coefficient (Wildman–Crippen LogP) is 6.60. The molecule has 0 heterocycles. The summed E-state index contributed by atoms with van der Waals surface area (Å²) >= 11 is 0. The fourth-order valence-corrected chi connectivity index (χ4v) is 9.04. The molecule has 0 aliphatic heterocycles. The molecule has 4 rings (SSSR count). The Balaban J connectivity index is 1.56. The lowest BCUT2D eigenvalue weighted by atomic mass is 9.44. The molecule has 0 aromatic heterocycles. The van der Waals surface area contributed by atoms with Crippen LogP contribution in [0.3, 0.4) is 0 Å². The minimum absolute atomic E-state index is 0.0268. The molecule has 4 aliphatic rings. The van der Waals surface area contributed by atoms with E-state index in [1.807, 2.05) is 7.11 Å². The third-order valence-electron chi connectivity index (χ3n) is 10.3. The van der Waals surface area contributed by atoms with Gasteiger partial charge in [-0.2, -0.15) is 0 Å². The molecule has 0 aromatic carbocycles. The number of aliphatic hydroxyl groups is 1. The van der Waals surface area contributed by atoms with Crippen LogP contribution in [0.4, 0.5) is 0 Å². The molecule has 1 N–H and O–H groups in total. The average molecular weight is 391 g/mol. The fourth-order valence-electron chi connectivity index (χ4n) is 9.04. The summed E-state index contributed by atoms with van der Waals surface area (Å²) in [6, 6.07) is 0. The van der Waals surface area contributed by atoms with Crippen molar-refractivity contribution in [3.8, 4) is 0 Å². The van der Waals surface area contributed by atoms with Crippen molar-refractivity contribution in [2.24, 2.45) is 40.4 Å². The van der Waals surface area contributed by atoms with E-state index in [1.54, 1.807) is 0 Å². The molecule has 162 valence electrons. The van der Waals surface area contributed by atoms with E-state index in [9.17, 15) is 5.11 Å². The van der Waals surface area contributed by atoms with Crippen LogP contribution in [0.1, 0.15) is 104 Å². The molecule has 28 heavy (non-hydrogen) atoms. The second-order valence-corrected chi connectivity index (χ2v) is 11.6. The first-order valence-electron chi connectivity index (χ1n) is 12.7. The lowest BCUT2D eigenvalue weighted by molar-refractivity contribution is -0.147. The van der Waals surface area contributed by atoms with Crippen molar-refractivity contribution >= 4 is 0 Å². The van der Waals surface area contributed by atoms with Crippen LogP contribution in [-0.4, -0.2) is 24.4 Å². The molecule has 4 saturated carbocycles. The van der Waals surface area contributed by atoms with E-state index in [0.29, 0.717) is 16.9 Å². The Bertz CT molecular complexity index is 533. The Kier molecular flexibility index (Phi) is 6.21. The third-order valence-corrected chi connectivity index (χ3v) is 10.3. The maximum absolute atomic E-state index is 10.3. The normalized spacial score (nSPS) is 49.2. The smallest absolute Gasteiger partial charge is 0.0630 e. The summed E-state index contributed by atoms with van der Waals surface area (Å²) in [5, 5.41) is 10.3. The van der Waals surface area contributed by atoms with Gasteiger partial charge in [-0.1, -0.05) is 40.0 Å². The van der Waals surface area contributed by atoms with Crippen molar-refractivity contribution in [3.63, 3.8) is 0 Å². The van der Waals surface area contributed by atoms with Crippen LogP contribution in [-0.2, 0) is 4.74 Å². The highest BCUT2D eigenvalue weighted by atomic mass is 16.5. The van der Waals surface area contributed by atoms with Crippen LogP contribution >= 0.6 is 0 Å². The van der Waals surface area contributed by atoms with E-state index in [2.05, 4.69) is 20.8 Å². The molecule has 9 atom stereocenters. The van der Waals surface area contributed by atoms with Crippen molar-refractivity contribution in [3.05, 3.63) is 0 Å². The zero-order valence-corrected chi connectivity index (χ0v) is 19.1. The van der Waals surface area contributed by atoms with Gasteiger partial charge in [0.05, 0.1) is 12.2 Å². The van der Waals surface area contributed by atoms with Crippen molar-refractivity contribution in [2.75, 3.05) is 7.11 Å². The molecular formula is C26H46O2. The zero-order valence-electron chi connectivity index (χ0n) is 19.1. The van der Waals surface area contributed by atoms with Gasteiger partial charge in [-0.25, -0.2) is 0 Å². The lowest BCUT2D eigenvalue weighted by Gasteiger charge is -2.61. The Morgan fingerprint density at radius 3 is 2.61 bits per heavy atom. The quantitative estimate of drug-likeness (QED) is 0.553. The van der Waals surface area contributed by atoms with Crippen molar-refractivity contribution in [1.29, 1.82) is 0 Å². The van der Waals surface area contributed by atoms with E-state index in [4.69, 9.17) is 4.74 Å². The molecular weight excluding hydrogens is 344 g/mol. The van der Waals surface area contributed by atoms with E-state index in [0.717, 1.165) is 42.4 Å². The Morgan fingerprint density at radius 1 is 1.04 bits per heavy atom. The molecule has 0 aromatic rings. The first-order valence-corrected chi connectivity index (χ1v) is 12.7. The minimum atomic E-state index is -0.0268. The van der Waals surface area contributed by atoms with Gasteiger partial charge in [0.1, 0.15) is 0 Å². The fraction of sp³-hybridized carbons (Fsp3) is 1.00.